The van der Waals surface area contributed by atoms with Crippen LogP contribution in [-0.4, -0.2) is 60.7 Å². The molecule has 0 aliphatic carbocycles. The molecule has 0 atom stereocenters. The van der Waals surface area contributed by atoms with Crippen LogP contribution in [0.5, 0.6) is 5.75 Å². The van der Waals surface area contributed by atoms with Gasteiger partial charge < -0.3 is 4.74 Å². The molecule has 0 radical (unpaired) electrons. The molecule has 1 fully saturated rings. The number of aryl methyl sites for hydroxylation is 1. The summed E-state index contributed by atoms with van der Waals surface area (Å²) in [6, 6.07) is 13.8. The predicted molar refractivity (Wildman–Crippen MR) is 114 cm³/mol. The van der Waals surface area contributed by atoms with E-state index in [1.54, 1.807) is 31.4 Å². The highest BCUT2D eigenvalue weighted by Gasteiger charge is 2.28. The van der Waals surface area contributed by atoms with Gasteiger partial charge in [-0.3, -0.25) is 9.69 Å². The lowest BCUT2D eigenvalue weighted by Gasteiger charge is -2.33. The van der Waals surface area contributed by atoms with Gasteiger partial charge in [0.1, 0.15) is 5.75 Å². The Bertz CT molecular complexity index is 1210. The van der Waals surface area contributed by atoms with E-state index in [0.717, 1.165) is 11.1 Å². The minimum absolute atomic E-state index is 0.135. The molecule has 158 valence electrons. The first-order valence-corrected chi connectivity index (χ1v) is 11.2. The van der Waals surface area contributed by atoms with Crippen molar-refractivity contribution in [2.24, 2.45) is 0 Å². The van der Waals surface area contributed by atoms with Crippen LogP contribution >= 0.6 is 0 Å². The SMILES string of the molecule is COc1ccc(S(=O)(=O)N2CCN(Cn3nc(C)c4ccccc4c3=O)CC2)cc1. The Morgan fingerprint density at radius 2 is 1.60 bits per heavy atom. The Labute approximate surface area is 175 Å². The van der Waals surface area contributed by atoms with Crippen LogP contribution in [0.15, 0.2) is 58.2 Å². The zero-order valence-corrected chi connectivity index (χ0v) is 17.8. The zero-order chi connectivity index (χ0) is 21.3. The fraction of sp³-hybridized carbons (Fsp3) is 0.333. The average molecular weight is 429 g/mol. The summed E-state index contributed by atoms with van der Waals surface area (Å²) in [6.45, 7) is 3.98. The summed E-state index contributed by atoms with van der Waals surface area (Å²) in [6.07, 6.45) is 0. The van der Waals surface area contributed by atoms with Crippen molar-refractivity contribution in [1.82, 2.24) is 19.0 Å². The van der Waals surface area contributed by atoms with Gasteiger partial charge >= 0.3 is 0 Å². The van der Waals surface area contributed by atoms with Gasteiger partial charge in [0.15, 0.2) is 0 Å². The van der Waals surface area contributed by atoms with Gasteiger partial charge in [-0.05, 0) is 37.3 Å². The van der Waals surface area contributed by atoms with Crippen LogP contribution in [0.1, 0.15) is 5.69 Å². The van der Waals surface area contributed by atoms with Crippen LogP contribution in [0.25, 0.3) is 10.8 Å². The Morgan fingerprint density at radius 3 is 2.23 bits per heavy atom. The molecule has 4 rings (SSSR count). The van der Waals surface area contributed by atoms with Crippen molar-refractivity contribution in [2.45, 2.75) is 18.5 Å². The van der Waals surface area contributed by atoms with Crippen LogP contribution in [0.4, 0.5) is 0 Å². The molecule has 30 heavy (non-hydrogen) atoms. The third kappa shape index (κ3) is 3.83. The molecule has 1 aliphatic rings. The van der Waals surface area contributed by atoms with E-state index in [0.29, 0.717) is 44.0 Å². The second-order valence-corrected chi connectivity index (χ2v) is 9.21. The Balaban J connectivity index is 1.47. The molecule has 0 spiro atoms. The molecule has 8 nitrogen and oxygen atoms in total. The molecule has 1 saturated heterocycles. The third-order valence-corrected chi connectivity index (χ3v) is 7.33. The topological polar surface area (TPSA) is 84.7 Å². The van der Waals surface area contributed by atoms with E-state index in [1.165, 1.54) is 8.99 Å². The van der Waals surface area contributed by atoms with Crippen molar-refractivity contribution in [2.75, 3.05) is 33.3 Å². The number of hydrogen-bond donors (Lipinski definition) is 0. The maximum absolute atomic E-state index is 12.9. The Morgan fingerprint density at radius 1 is 0.967 bits per heavy atom. The fourth-order valence-corrected chi connectivity index (χ4v) is 5.12. The van der Waals surface area contributed by atoms with E-state index in [2.05, 4.69) is 5.10 Å². The Hall–Kier alpha value is -2.75. The lowest BCUT2D eigenvalue weighted by Crippen LogP contribution is -2.49. The molecule has 0 saturated carbocycles. The number of sulfonamides is 1. The van der Waals surface area contributed by atoms with E-state index < -0.39 is 10.0 Å². The minimum atomic E-state index is -3.56. The summed E-state index contributed by atoms with van der Waals surface area (Å²) in [5.41, 5.74) is 0.662. The van der Waals surface area contributed by atoms with Crippen LogP contribution < -0.4 is 10.3 Å². The standard InChI is InChI=1S/C21H24N4O4S/c1-16-19-5-3-4-6-20(19)21(26)25(22-16)15-23-11-13-24(14-12-23)30(27,28)18-9-7-17(29-2)8-10-18/h3-10H,11-15H2,1-2H3. The van der Waals surface area contributed by atoms with E-state index >= 15 is 0 Å². The molecule has 0 unspecified atom stereocenters. The van der Waals surface area contributed by atoms with E-state index in [9.17, 15) is 13.2 Å². The molecule has 0 N–H and O–H groups in total. The van der Waals surface area contributed by atoms with Crippen LogP contribution in [0, 0.1) is 6.92 Å². The molecule has 3 aromatic rings. The number of ether oxygens (including phenoxy) is 1. The summed E-state index contributed by atoms with van der Waals surface area (Å²) >= 11 is 0. The van der Waals surface area contributed by atoms with Gasteiger partial charge in [-0.2, -0.15) is 9.40 Å². The van der Waals surface area contributed by atoms with E-state index in [4.69, 9.17) is 4.74 Å². The van der Waals surface area contributed by atoms with Gasteiger partial charge in [0.2, 0.25) is 10.0 Å². The van der Waals surface area contributed by atoms with E-state index in [-0.39, 0.29) is 10.5 Å². The largest absolute Gasteiger partial charge is 0.497 e. The van der Waals surface area contributed by atoms with E-state index in [1.807, 2.05) is 36.1 Å². The highest BCUT2D eigenvalue weighted by molar-refractivity contribution is 7.89. The van der Waals surface area contributed by atoms with Crippen molar-refractivity contribution in [1.29, 1.82) is 0 Å². The first-order chi connectivity index (χ1) is 14.4. The average Bonchev–Trinajstić information content (AvgIpc) is 2.78. The molecular weight excluding hydrogens is 404 g/mol. The smallest absolute Gasteiger partial charge is 0.275 e. The van der Waals surface area contributed by atoms with Crippen molar-refractivity contribution in [3.8, 4) is 5.75 Å². The van der Waals surface area contributed by atoms with Crippen molar-refractivity contribution in [3.63, 3.8) is 0 Å². The zero-order valence-electron chi connectivity index (χ0n) is 17.0. The Kier molecular flexibility index (Phi) is 5.59. The molecule has 1 aliphatic heterocycles. The van der Waals surface area contributed by atoms with Crippen molar-refractivity contribution in [3.05, 3.63) is 64.6 Å². The third-order valence-electron chi connectivity index (χ3n) is 5.41. The van der Waals surface area contributed by atoms with Gasteiger partial charge in [0, 0.05) is 31.6 Å². The number of methoxy groups -OCH3 is 1. The van der Waals surface area contributed by atoms with Crippen LogP contribution in [0.2, 0.25) is 0 Å². The van der Waals surface area contributed by atoms with Gasteiger partial charge in [-0.25, -0.2) is 13.1 Å². The number of hydrogen-bond acceptors (Lipinski definition) is 6. The highest BCUT2D eigenvalue weighted by Crippen LogP contribution is 2.21. The lowest BCUT2D eigenvalue weighted by atomic mass is 10.1. The van der Waals surface area contributed by atoms with Crippen LogP contribution in [-0.2, 0) is 16.7 Å². The number of piperazine rings is 1. The highest BCUT2D eigenvalue weighted by atomic mass is 32.2. The molecule has 0 amide bonds. The minimum Gasteiger partial charge on any atom is -0.497 e. The van der Waals surface area contributed by atoms with Gasteiger partial charge in [-0.1, -0.05) is 18.2 Å². The maximum atomic E-state index is 12.9. The molecule has 0 bridgehead atoms. The predicted octanol–water partition coefficient (Wildman–Crippen LogP) is 1.68. The summed E-state index contributed by atoms with van der Waals surface area (Å²) in [5, 5.41) is 5.95. The van der Waals surface area contributed by atoms with Gasteiger partial charge in [-0.15, -0.1) is 0 Å². The van der Waals surface area contributed by atoms with Gasteiger partial charge in [0.05, 0.1) is 29.8 Å². The molecule has 2 aromatic carbocycles. The second kappa shape index (κ2) is 8.17. The molecule has 1 aromatic heterocycles. The van der Waals surface area contributed by atoms with Crippen molar-refractivity contribution >= 4 is 20.8 Å². The lowest BCUT2D eigenvalue weighted by molar-refractivity contribution is 0.143. The van der Waals surface area contributed by atoms with Gasteiger partial charge in [0.25, 0.3) is 5.56 Å². The summed E-state index contributed by atoms with van der Waals surface area (Å²) in [4.78, 5) is 15.1. The normalized spacial score (nSPS) is 16.1. The second-order valence-electron chi connectivity index (χ2n) is 7.27. The first kappa shape index (κ1) is 20.5. The summed E-state index contributed by atoms with van der Waals surface area (Å²) < 4.78 is 33.8. The van der Waals surface area contributed by atoms with Crippen molar-refractivity contribution < 1.29 is 13.2 Å². The summed E-state index contributed by atoms with van der Waals surface area (Å²) in [7, 11) is -2.02. The number of rotatable bonds is 5. The number of nitrogens with zero attached hydrogens (tertiary/aromatic N) is 4. The molecule has 9 heteroatoms. The van der Waals surface area contributed by atoms with Crippen LogP contribution in [0.3, 0.4) is 0 Å². The number of fused-ring (bicyclic) bond motifs is 1. The number of benzene rings is 2. The number of aromatic nitrogens is 2. The summed E-state index contributed by atoms with van der Waals surface area (Å²) in [5.74, 6) is 0.613. The molecule has 2 heterocycles. The molecular formula is C21H24N4O4S. The fourth-order valence-electron chi connectivity index (χ4n) is 3.70. The maximum Gasteiger partial charge on any atom is 0.275 e. The first-order valence-electron chi connectivity index (χ1n) is 9.73. The quantitative estimate of drug-likeness (QED) is 0.615. The monoisotopic (exact) mass is 428 g/mol.